The lowest BCUT2D eigenvalue weighted by molar-refractivity contribution is -0.122. The highest BCUT2D eigenvalue weighted by Gasteiger charge is 2.31. The van der Waals surface area contributed by atoms with Crippen LogP contribution in [0.15, 0.2) is 72.9 Å². The number of aromatic nitrogens is 5. The SMILES string of the molecule is COCCN(C)CCOc1cccc(-n2nc(C(C)(C)C)cc2NC(=O)N[C@H]2CC[C@@H](Oc3ccc4nnc(N5CCCC[C@@H]5C)n4c3)c3ccccc32)c1.O=CO. The Kier molecular flexibility index (Phi) is 13.9. The fourth-order valence-corrected chi connectivity index (χ4v) is 7.43. The Labute approximate surface area is 340 Å². The van der Waals surface area contributed by atoms with E-state index in [4.69, 9.17) is 29.2 Å². The number of rotatable bonds is 13. The van der Waals surface area contributed by atoms with Gasteiger partial charge < -0.3 is 34.4 Å². The topological polar surface area (TPSA) is 161 Å². The van der Waals surface area contributed by atoms with Gasteiger partial charge in [0, 0.05) is 50.3 Å². The van der Waals surface area contributed by atoms with E-state index in [1.54, 1.807) is 11.8 Å². The first kappa shape index (κ1) is 41.9. The average Bonchev–Trinajstić information content (AvgIpc) is 3.83. The number of amides is 2. The molecule has 2 amide bonds. The number of urea groups is 1. The van der Waals surface area contributed by atoms with Gasteiger partial charge in [0.25, 0.3) is 6.47 Å². The van der Waals surface area contributed by atoms with Crippen molar-refractivity contribution < 1.29 is 28.9 Å². The van der Waals surface area contributed by atoms with Crippen LogP contribution in [0, 0.1) is 0 Å². The smallest absolute Gasteiger partial charge is 0.320 e. The summed E-state index contributed by atoms with van der Waals surface area (Å²) in [6, 6.07) is 21.8. The van der Waals surface area contributed by atoms with Gasteiger partial charge >= 0.3 is 6.03 Å². The van der Waals surface area contributed by atoms with E-state index in [1.165, 1.54) is 6.42 Å². The Balaban J connectivity index is 0.00000183. The number of nitrogens with one attached hydrogen (secondary N) is 2. The van der Waals surface area contributed by atoms with Gasteiger partial charge in [-0.3, -0.25) is 14.5 Å². The van der Waals surface area contributed by atoms with E-state index in [0.29, 0.717) is 31.5 Å². The monoisotopic (exact) mass is 795 g/mol. The zero-order valence-corrected chi connectivity index (χ0v) is 34.4. The highest BCUT2D eigenvalue weighted by atomic mass is 16.5. The Bertz CT molecular complexity index is 2130. The minimum absolute atomic E-state index is 0.167. The summed E-state index contributed by atoms with van der Waals surface area (Å²) in [5, 5.41) is 27.2. The molecule has 310 valence electrons. The van der Waals surface area contributed by atoms with Crippen molar-refractivity contribution >= 4 is 29.9 Å². The van der Waals surface area contributed by atoms with Crippen LogP contribution in [-0.4, -0.2) is 99.9 Å². The van der Waals surface area contributed by atoms with Crippen LogP contribution >= 0.6 is 0 Å². The molecule has 0 bridgehead atoms. The molecule has 15 nitrogen and oxygen atoms in total. The second-order valence-corrected chi connectivity index (χ2v) is 15.9. The molecule has 2 aromatic carbocycles. The van der Waals surface area contributed by atoms with Gasteiger partial charge in [-0.15, -0.1) is 10.2 Å². The number of carbonyl (C=O) groups excluding carboxylic acids is 1. The van der Waals surface area contributed by atoms with Gasteiger partial charge in [-0.05, 0) is 81.5 Å². The van der Waals surface area contributed by atoms with E-state index in [1.807, 2.05) is 72.2 Å². The molecule has 0 saturated carbocycles. The summed E-state index contributed by atoms with van der Waals surface area (Å²) in [7, 11) is 3.75. The summed E-state index contributed by atoms with van der Waals surface area (Å²) >= 11 is 0. The molecule has 3 aromatic heterocycles. The summed E-state index contributed by atoms with van der Waals surface area (Å²) in [5.74, 6) is 2.93. The number of benzene rings is 2. The number of carboxylic acid groups (broad SMARTS) is 1. The average molecular weight is 796 g/mol. The molecule has 0 radical (unpaired) electrons. The zero-order valence-electron chi connectivity index (χ0n) is 34.4. The van der Waals surface area contributed by atoms with Crippen LogP contribution in [-0.2, 0) is 14.9 Å². The number of hydrogen-bond acceptors (Lipinski definition) is 10. The van der Waals surface area contributed by atoms with E-state index in [9.17, 15) is 4.79 Å². The normalized spacial score (nSPS) is 17.9. The summed E-state index contributed by atoms with van der Waals surface area (Å²) in [5.41, 5.74) is 4.33. The highest BCUT2D eigenvalue weighted by Crippen LogP contribution is 2.39. The zero-order chi connectivity index (χ0) is 41.2. The van der Waals surface area contributed by atoms with Gasteiger partial charge in [0.2, 0.25) is 5.95 Å². The molecule has 15 heteroatoms. The minimum Gasteiger partial charge on any atom is -0.492 e. The van der Waals surface area contributed by atoms with Gasteiger partial charge in [0.1, 0.15) is 30.0 Å². The Morgan fingerprint density at radius 1 is 0.966 bits per heavy atom. The first-order valence-electron chi connectivity index (χ1n) is 20.0. The molecule has 3 atom stereocenters. The summed E-state index contributed by atoms with van der Waals surface area (Å²) < 4.78 is 21.8. The van der Waals surface area contributed by atoms with Crippen LogP contribution < -0.4 is 25.0 Å². The van der Waals surface area contributed by atoms with Crippen molar-refractivity contribution in [1.82, 2.24) is 34.6 Å². The number of fused-ring (bicyclic) bond motifs is 2. The standard InChI is InChI=1S/C42H55N9O4.CH2O2/c1-29-12-9-10-21-49(29)41-46-45-38-20-17-32(28-50(38)41)55-36-19-18-35(33-15-7-8-16-34(33)36)43-40(52)44-39-27-37(42(2,3)4)47-51(39)30-13-11-14-31(26-30)54-25-23-48(5)22-24-53-6;2-1-3/h7-8,11,13-17,20,26-29,35-36H,9-10,12,18-19,21-25H2,1-6H3,(H2,43,44,52);1H,(H,2,3)/t29-,35-,36+;/m0./s1. The molecule has 1 saturated heterocycles. The molecule has 2 aliphatic rings. The first-order valence-corrected chi connectivity index (χ1v) is 20.0. The first-order chi connectivity index (χ1) is 28.0. The second-order valence-electron chi connectivity index (χ2n) is 15.9. The quantitative estimate of drug-likeness (QED) is 0.105. The van der Waals surface area contributed by atoms with Gasteiger partial charge in [0.15, 0.2) is 5.65 Å². The van der Waals surface area contributed by atoms with Gasteiger partial charge in [-0.25, -0.2) is 9.48 Å². The number of anilines is 2. The lowest BCUT2D eigenvalue weighted by atomic mass is 9.85. The van der Waals surface area contributed by atoms with E-state index in [2.05, 4.69) is 70.5 Å². The Morgan fingerprint density at radius 2 is 1.74 bits per heavy atom. The number of nitrogens with zero attached hydrogens (tertiary/aromatic N) is 7. The number of hydrogen-bond donors (Lipinski definition) is 3. The van der Waals surface area contributed by atoms with Gasteiger partial charge in [0.05, 0.1) is 30.2 Å². The minimum atomic E-state index is -0.301. The van der Waals surface area contributed by atoms with Crippen LogP contribution in [0.1, 0.15) is 88.8 Å². The van der Waals surface area contributed by atoms with E-state index in [0.717, 1.165) is 84.5 Å². The van der Waals surface area contributed by atoms with Crippen LogP contribution in [0.5, 0.6) is 11.5 Å². The fraction of sp³-hybridized carbons (Fsp3) is 0.465. The van der Waals surface area contributed by atoms with Crippen molar-refractivity contribution in [2.24, 2.45) is 0 Å². The molecule has 1 fully saturated rings. The predicted molar refractivity (Wildman–Crippen MR) is 223 cm³/mol. The highest BCUT2D eigenvalue weighted by molar-refractivity contribution is 5.89. The number of ether oxygens (including phenoxy) is 3. The molecule has 0 unspecified atom stereocenters. The predicted octanol–water partition coefficient (Wildman–Crippen LogP) is 7.03. The van der Waals surface area contributed by atoms with Crippen molar-refractivity contribution in [2.75, 3.05) is 57.2 Å². The lowest BCUT2D eigenvalue weighted by Gasteiger charge is -2.33. The van der Waals surface area contributed by atoms with Crippen LogP contribution in [0.3, 0.4) is 0 Å². The van der Waals surface area contributed by atoms with Crippen molar-refractivity contribution in [3.8, 4) is 17.2 Å². The summed E-state index contributed by atoms with van der Waals surface area (Å²) in [4.78, 5) is 26.7. The van der Waals surface area contributed by atoms with Crippen LogP contribution in [0.25, 0.3) is 11.3 Å². The van der Waals surface area contributed by atoms with Crippen LogP contribution in [0.2, 0.25) is 0 Å². The molecule has 1 aliphatic carbocycles. The van der Waals surface area contributed by atoms with Gasteiger partial charge in [-0.2, -0.15) is 5.10 Å². The summed E-state index contributed by atoms with van der Waals surface area (Å²) in [6.07, 6.45) is 6.83. The maximum absolute atomic E-state index is 13.8. The van der Waals surface area contributed by atoms with Crippen molar-refractivity contribution in [1.29, 1.82) is 0 Å². The van der Waals surface area contributed by atoms with E-state index in [-0.39, 0.29) is 30.1 Å². The maximum atomic E-state index is 13.8. The van der Waals surface area contributed by atoms with Crippen molar-refractivity contribution in [3.63, 3.8) is 0 Å². The third-order valence-corrected chi connectivity index (χ3v) is 10.6. The molecular formula is C43H57N9O6. The molecule has 4 heterocycles. The van der Waals surface area contributed by atoms with Crippen molar-refractivity contribution in [2.45, 2.75) is 83.4 Å². The van der Waals surface area contributed by atoms with E-state index < -0.39 is 0 Å². The third kappa shape index (κ3) is 10.2. The largest absolute Gasteiger partial charge is 0.492 e. The maximum Gasteiger partial charge on any atom is 0.320 e. The number of carbonyl (C=O) groups is 2. The Hall–Kier alpha value is -5.67. The molecule has 3 N–H and O–H groups in total. The Morgan fingerprint density at radius 3 is 2.50 bits per heavy atom. The molecule has 7 rings (SSSR count). The number of likely N-dealkylation sites (N-methyl/N-ethyl adjacent to an activating group) is 1. The van der Waals surface area contributed by atoms with Crippen molar-refractivity contribution in [3.05, 3.63) is 89.7 Å². The third-order valence-electron chi connectivity index (χ3n) is 10.6. The molecule has 5 aromatic rings. The van der Waals surface area contributed by atoms with Gasteiger partial charge in [-0.1, -0.05) is 51.1 Å². The molecule has 0 spiro atoms. The van der Waals surface area contributed by atoms with Crippen LogP contribution in [0.4, 0.5) is 16.6 Å². The number of piperidine rings is 1. The molecule has 1 aliphatic heterocycles. The number of pyridine rings is 1. The summed E-state index contributed by atoms with van der Waals surface area (Å²) in [6.45, 7) is 12.1. The lowest BCUT2D eigenvalue weighted by Crippen LogP contribution is -2.38. The van der Waals surface area contributed by atoms with E-state index >= 15 is 0 Å². The molecule has 58 heavy (non-hydrogen) atoms. The second kappa shape index (κ2) is 19.2. The fourth-order valence-electron chi connectivity index (χ4n) is 7.43. The number of methoxy groups -OCH3 is 1. The molecular weight excluding hydrogens is 739 g/mol.